The van der Waals surface area contributed by atoms with Crippen LogP contribution in [0.3, 0.4) is 0 Å². The Bertz CT molecular complexity index is 1070. The van der Waals surface area contributed by atoms with E-state index in [-0.39, 0.29) is 18.0 Å². The number of carbonyl (C=O) groups is 1. The Labute approximate surface area is 155 Å². The molecule has 0 aliphatic carbocycles. The number of halogens is 1. The topological polar surface area (TPSA) is 90.3 Å². The largest absolute Gasteiger partial charge is 0.462 e. The maximum atomic E-state index is 14.0. The number of hydrogen-bond donors (Lipinski definition) is 1. The summed E-state index contributed by atoms with van der Waals surface area (Å²) in [5, 5.41) is 4.09. The van der Waals surface area contributed by atoms with Gasteiger partial charge in [0.25, 0.3) is 10.0 Å². The summed E-state index contributed by atoms with van der Waals surface area (Å²) in [7, 11) is -4.31. The number of anilines is 1. The number of nitrogens with one attached hydrogen (secondary N) is 1. The van der Waals surface area contributed by atoms with Crippen LogP contribution in [0, 0.1) is 5.82 Å². The molecule has 27 heavy (non-hydrogen) atoms. The number of rotatable bonds is 6. The van der Waals surface area contributed by atoms with Crippen LogP contribution in [-0.2, 0) is 14.8 Å². The molecule has 0 spiro atoms. The van der Waals surface area contributed by atoms with E-state index in [1.807, 2.05) is 0 Å². The van der Waals surface area contributed by atoms with Gasteiger partial charge in [-0.2, -0.15) is 5.10 Å². The minimum absolute atomic E-state index is 0.0828. The first-order valence-electron chi connectivity index (χ1n) is 8.02. The SMILES string of the molecule is CCOC(=O)c1cnn(-c2ccccc2)c1NS(=O)(=O)c1ccccc1F. The van der Waals surface area contributed by atoms with Crippen molar-refractivity contribution in [2.75, 3.05) is 11.3 Å². The third-order valence-electron chi connectivity index (χ3n) is 3.62. The van der Waals surface area contributed by atoms with E-state index in [1.54, 1.807) is 37.3 Å². The van der Waals surface area contributed by atoms with E-state index in [2.05, 4.69) is 9.82 Å². The molecule has 1 aromatic heterocycles. The monoisotopic (exact) mass is 389 g/mol. The normalized spacial score (nSPS) is 11.2. The van der Waals surface area contributed by atoms with Crippen LogP contribution in [0.5, 0.6) is 0 Å². The summed E-state index contributed by atoms with van der Waals surface area (Å²) >= 11 is 0. The Morgan fingerprint density at radius 1 is 1.15 bits per heavy atom. The molecule has 1 heterocycles. The zero-order valence-electron chi connectivity index (χ0n) is 14.3. The molecule has 0 atom stereocenters. The van der Waals surface area contributed by atoms with Gasteiger partial charge in [0.1, 0.15) is 16.3 Å². The molecule has 0 unspecified atom stereocenters. The fourth-order valence-corrected chi connectivity index (χ4v) is 3.56. The highest BCUT2D eigenvalue weighted by atomic mass is 32.2. The lowest BCUT2D eigenvalue weighted by molar-refractivity contribution is 0.0527. The molecule has 0 saturated heterocycles. The highest BCUT2D eigenvalue weighted by Gasteiger charge is 2.26. The van der Waals surface area contributed by atoms with Gasteiger partial charge in [-0.15, -0.1) is 0 Å². The number of aromatic nitrogens is 2. The number of benzene rings is 2. The van der Waals surface area contributed by atoms with E-state index < -0.39 is 26.7 Å². The molecule has 0 aliphatic rings. The number of para-hydroxylation sites is 1. The predicted molar refractivity (Wildman–Crippen MR) is 96.7 cm³/mol. The average Bonchev–Trinajstić information content (AvgIpc) is 3.05. The summed E-state index contributed by atoms with van der Waals surface area (Å²) in [6.07, 6.45) is 1.20. The van der Waals surface area contributed by atoms with Gasteiger partial charge in [0.15, 0.2) is 5.82 Å². The molecule has 3 aromatic rings. The summed E-state index contributed by atoms with van der Waals surface area (Å²) in [4.78, 5) is 11.7. The molecule has 0 amide bonds. The first kappa shape index (κ1) is 18.6. The van der Waals surface area contributed by atoms with E-state index in [0.29, 0.717) is 5.69 Å². The second kappa shape index (κ2) is 7.58. The number of hydrogen-bond acceptors (Lipinski definition) is 5. The standard InChI is InChI=1S/C18H16FN3O4S/c1-2-26-18(23)14-12-20-22(13-8-4-3-5-9-13)17(14)21-27(24,25)16-11-7-6-10-15(16)19/h3-12,21H,2H2,1H3. The van der Waals surface area contributed by atoms with Crippen LogP contribution in [0.1, 0.15) is 17.3 Å². The number of nitrogens with zero attached hydrogens (tertiary/aromatic N) is 2. The fourth-order valence-electron chi connectivity index (χ4n) is 2.41. The van der Waals surface area contributed by atoms with Crippen LogP contribution >= 0.6 is 0 Å². The van der Waals surface area contributed by atoms with Crippen LogP contribution in [-0.4, -0.2) is 30.8 Å². The second-order valence-corrected chi connectivity index (χ2v) is 7.06. The van der Waals surface area contributed by atoms with Crippen molar-refractivity contribution in [3.63, 3.8) is 0 Å². The Hall–Kier alpha value is -3.20. The minimum Gasteiger partial charge on any atom is -0.462 e. The zero-order valence-corrected chi connectivity index (χ0v) is 15.1. The summed E-state index contributed by atoms with van der Waals surface area (Å²) in [6, 6.07) is 13.6. The Morgan fingerprint density at radius 2 is 1.81 bits per heavy atom. The average molecular weight is 389 g/mol. The Kier molecular flexibility index (Phi) is 5.22. The van der Waals surface area contributed by atoms with Crippen molar-refractivity contribution < 1.29 is 22.3 Å². The lowest BCUT2D eigenvalue weighted by atomic mass is 10.3. The molecular formula is C18H16FN3O4S. The fraction of sp³-hybridized carbons (Fsp3) is 0.111. The van der Waals surface area contributed by atoms with Crippen molar-refractivity contribution in [1.82, 2.24) is 9.78 Å². The van der Waals surface area contributed by atoms with Crippen LogP contribution in [0.25, 0.3) is 5.69 Å². The molecule has 0 radical (unpaired) electrons. The van der Waals surface area contributed by atoms with E-state index in [4.69, 9.17) is 4.74 Å². The van der Waals surface area contributed by atoms with Crippen molar-refractivity contribution in [3.05, 3.63) is 72.2 Å². The van der Waals surface area contributed by atoms with Crippen LogP contribution in [0.15, 0.2) is 65.7 Å². The molecule has 9 heteroatoms. The number of esters is 1. The first-order chi connectivity index (χ1) is 12.9. The van der Waals surface area contributed by atoms with Crippen molar-refractivity contribution in [1.29, 1.82) is 0 Å². The molecule has 0 saturated carbocycles. The quantitative estimate of drug-likeness (QED) is 0.655. The van der Waals surface area contributed by atoms with Gasteiger partial charge >= 0.3 is 5.97 Å². The van der Waals surface area contributed by atoms with Gasteiger partial charge in [0.05, 0.1) is 18.5 Å². The molecule has 140 valence electrons. The van der Waals surface area contributed by atoms with E-state index in [9.17, 15) is 17.6 Å². The van der Waals surface area contributed by atoms with Gasteiger partial charge in [0, 0.05) is 0 Å². The van der Waals surface area contributed by atoms with Crippen molar-refractivity contribution >= 4 is 21.8 Å². The highest BCUT2D eigenvalue weighted by molar-refractivity contribution is 7.92. The van der Waals surface area contributed by atoms with Crippen molar-refractivity contribution in [2.45, 2.75) is 11.8 Å². The highest BCUT2D eigenvalue weighted by Crippen LogP contribution is 2.25. The van der Waals surface area contributed by atoms with Gasteiger partial charge in [-0.3, -0.25) is 4.72 Å². The molecule has 7 nitrogen and oxygen atoms in total. The third-order valence-corrected chi connectivity index (χ3v) is 4.99. The van der Waals surface area contributed by atoms with Gasteiger partial charge in [-0.25, -0.2) is 22.3 Å². The maximum Gasteiger partial charge on any atom is 0.343 e. The predicted octanol–water partition coefficient (Wildman–Crippen LogP) is 2.99. The van der Waals surface area contributed by atoms with Gasteiger partial charge in [-0.05, 0) is 31.2 Å². The minimum atomic E-state index is -4.31. The summed E-state index contributed by atoms with van der Waals surface area (Å²) in [5.41, 5.74) is 0.430. The Balaban J connectivity index is 2.11. The van der Waals surface area contributed by atoms with E-state index in [0.717, 1.165) is 12.1 Å². The van der Waals surface area contributed by atoms with Crippen LogP contribution in [0.4, 0.5) is 10.2 Å². The summed E-state index contributed by atoms with van der Waals surface area (Å²) in [6.45, 7) is 1.73. The second-order valence-electron chi connectivity index (χ2n) is 5.41. The molecule has 0 aliphatic heterocycles. The molecule has 1 N–H and O–H groups in total. The van der Waals surface area contributed by atoms with E-state index in [1.165, 1.54) is 23.0 Å². The number of ether oxygens (including phenoxy) is 1. The third kappa shape index (κ3) is 3.82. The van der Waals surface area contributed by atoms with Gasteiger partial charge in [0.2, 0.25) is 0 Å². The molecule has 0 bridgehead atoms. The van der Waals surface area contributed by atoms with Crippen molar-refractivity contribution in [2.24, 2.45) is 0 Å². The van der Waals surface area contributed by atoms with Crippen LogP contribution in [0.2, 0.25) is 0 Å². The van der Waals surface area contributed by atoms with E-state index >= 15 is 0 Å². The molecular weight excluding hydrogens is 373 g/mol. The number of sulfonamides is 1. The van der Waals surface area contributed by atoms with Gasteiger partial charge < -0.3 is 4.74 Å². The lowest BCUT2D eigenvalue weighted by Crippen LogP contribution is -2.19. The summed E-state index contributed by atoms with van der Waals surface area (Å²) in [5.74, 6) is -1.79. The molecule has 2 aromatic carbocycles. The maximum absolute atomic E-state index is 14.0. The van der Waals surface area contributed by atoms with Crippen LogP contribution < -0.4 is 4.72 Å². The first-order valence-corrected chi connectivity index (χ1v) is 9.50. The Morgan fingerprint density at radius 3 is 2.48 bits per heavy atom. The zero-order chi connectivity index (χ0) is 19.4. The number of carbonyl (C=O) groups excluding carboxylic acids is 1. The smallest absolute Gasteiger partial charge is 0.343 e. The summed E-state index contributed by atoms with van der Waals surface area (Å²) < 4.78 is 47.8. The van der Waals surface area contributed by atoms with Gasteiger partial charge in [-0.1, -0.05) is 30.3 Å². The molecule has 3 rings (SSSR count). The lowest BCUT2D eigenvalue weighted by Gasteiger charge is -2.13. The molecule has 0 fully saturated rings. The van der Waals surface area contributed by atoms with Crippen molar-refractivity contribution in [3.8, 4) is 5.69 Å².